The van der Waals surface area contributed by atoms with Gasteiger partial charge in [0.2, 0.25) is 6.79 Å². The maximum absolute atomic E-state index is 14.7. The largest absolute Gasteiger partial charge is 0.493 e. The molecule has 37 heavy (non-hydrogen) atoms. The van der Waals surface area contributed by atoms with Gasteiger partial charge in [-0.3, -0.25) is 4.79 Å². The summed E-state index contributed by atoms with van der Waals surface area (Å²) in [6.07, 6.45) is 0.879. The van der Waals surface area contributed by atoms with Crippen LogP contribution in [0.1, 0.15) is 45.0 Å². The fourth-order valence-corrected chi connectivity index (χ4v) is 5.05. The molecule has 1 amide bonds. The SMILES string of the molecule is Cc1cccc(C)c1CNC(=O)c1cc([C@@H]2CCNC[C@H]2COc2ccc3c(c2)OCO3)ccc1F.Cl. The minimum atomic E-state index is -0.514. The molecular formula is C29H32ClFN2O4. The summed E-state index contributed by atoms with van der Waals surface area (Å²) < 4.78 is 31.6. The van der Waals surface area contributed by atoms with Crippen LogP contribution in [-0.2, 0) is 6.54 Å². The van der Waals surface area contributed by atoms with Crippen molar-refractivity contribution in [3.05, 3.63) is 88.2 Å². The number of rotatable bonds is 7. The van der Waals surface area contributed by atoms with Crippen molar-refractivity contribution in [1.29, 1.82) is 0 Å². The summed E-state index contributed by atoms with van der Waals surface area (Å²) in [5.74, 6) is 1.51. The van der Waals surface area contributed by atoms with E-state index in [9.17, 15) is 9.18 Å². The molecule has 0 radical (unpaired) electrons. The number of amides is 1. The van der Waals surface area contributed by atoms with Gasteiger partial charge in [-0.1, -0.05) is 24.3 Å². The van der Waals surface area contributed by atoms with Crippen LogP contribution in [0.3, 0.4) is 0 Å². The second-order valence-electron chi connectivity index (χ2n) is 9.48. The van der Waals surface area contributed by atoms with Gasteiger partial charge < -0.3 is 24.8 Å². The van der Waals surface area contributed by atoms with Gasteiger partial charge in [-0.2, -0.15) is 0 Å². The summed E-state index contributed by atoms with van der Waals surface area (Å²) in [4.78, 5) is 13.0. The molecule has 0 aliphatic carbocycles. The predicted octanol–water partition coefficient (Wildman–Crippen LogP) is 5.30. The molecule has 2 aliphatic rings. The molecule has 3 aromatic rings. The lowest BCUT2D eigenvalue weighted by Gasteiger charge is -2.32. The fraction of sp³-hybridized carbons (Fsp3) is 0.345. The van der Waals surface area contributed by atoms with Crippen LogP contribution in [0.15, 0.2) is 54.6 Å². The number of fused-ring (bicyclic) bond motifs is 1. The third-order valence-corrected chi connectivity index (χ3v) is 7.15. The lowest BCUT2D eigenvalue weighted by molar-refractivity contribution is 0.0946. The second kappa shape index (κ2) is 11.8. The number of halogens is 2. The normalized spacial score (nSPS) is 18.1. The van der Waals surface area contributed by atoms with Crippen LogP contribution in [0, 0.1) is 25.6 Å². The maximum atomic E-state index is 14.7. The van der Waals surface area contributed by atoms with E-state index in [1.807, 2.05) is 50.2 Å². The van der Waals surface area contributed by atoms with Crippen molar-refractivity contribution >= 4 is 18.3 Å². The molecule has 6 nitrogen and oxygen atoms in total. The fourth-order valence-electron chi connectivity index (χ4n) is 5.05. The Morgan fingerprint density at radius 2 is 1.86 bits per heavy atom. The van der Waals surface area contributed by atoms with Crippen molar-refractivity contribution in [1.82, 2.24) is 10.6 Å². The van der Waals surface area contributed by atoms with Gasteiger partial charge >= 0.3 is 0 Å². The van der Waals surface area contributed by atoms with Gasteiger partial charge in [-0.15, -0.1) is 12.4 Å². The molecule has 1 fully saturated rings. The molecule has 0 unspecified atom stereocenters. The zero-order valence-corrected chi connectivity index (χ0v) is 21.8. The molecule has 2 aliphatic heterocycles. The molecule has 0 spiro atoms. The van der Waals surface area contributed by atoms with Crippen molar-refractivity contribution < 1.29 is 23.4 Å². The molecule has 0 bridgehead atoms. The highest BCUT2D eigenvalue weighted by Crippen LogP contribution is 2.36. The molecule has 2 N–H and O–H groups in total. The number of ether oxygens (including phenoxy) is 3. The third-order valence-electron chi connectivity index (χ3n) is 7.15. The van der Waals surface area contributed by atoms with Crippen LogP contribution in [0.2, 0.25) is 0 Å². The third kappa shape index (κ3) is 6.00. The Morgan fingerprint density at radius 1 is 1.08 bits per heavy atom. The van der Waals surface area contributed by atoms with Crippen molar-refractivity contribution in [3.63, 3.8) is 0 Å². The van der Waals surface area contributed by atoms with Crippen LogP contribution in [0.5, 0.6) is 17.2 Å². The van der Waals surface area contributed by atoms with E-state index < -0.39 is 11.7 Å². The Balaban J connectivity index is 0.00000320. The predicted molar refractivity (Wildman–Crippen MR) is 143 cm³/mol. The first-order chi connectivity index (χ1) is 17.5. The van der Waals surface area contributed by atoms with Gasteiger partial charge in [-0.05, 0) is 79.3 Å². The highest BCUT2D eigenvalue weighted by Gasteiger charge is 2.28. The van der Waals surface area contributed by atoms with Crippen LogP contribution >= 0.6 is 12.4 Å². The van der Waals surface area contributed by atoms with Gasteiger partial charge in [0.05, 0.1) is 12.2 Å². The first-order valence-corrected chi connectivity index (χ1v) is 12.4. The highest BCUT2D eigenvalue weighted by atomic mass is 35.5. The molecule has 0 aromatic heterocycles. The Bertz CT molecular complexity index is 1250. The Labute approximate surface area is 222 Å². The van der Waals surface area contributed by atoms with Crippen molar-refractivity contribution in [2.45, 2.75) is 32.7 Å². The average molecular weight is 527 g/mol. The number of piperidine rings is 1. The first kappa shape index (κ1) is 26.8. The van der Waals surface area contributed by atoms with E-state index in [1.54, 1.807) is 12.1 Å². The average Bonchev–Trinajstić information content (AvgIpc) is 3.35. The zero-order valence-electron chi connectivity index (χ0n) is 21.0. The number of hydrogen-bond donors (Lipinski definition) is 2. The zero-order chi connectivity index (χ0) is 25.1. The van der Waals surface area contributed by atoms with Crippen molar-refractivity contribution in [2.24, 2.45) is 5.92 Å². The lowest BCUT2D eigenvalue weighted by atomic mass is 9.81. The molecule has 5 rings (SSSR count). The van der Waals surface area contributed by atoms with E-state index in [0.29, 0.717) is 30.4 Å². The molecule has 0 saturated carbocycles. The number of nitrogens with one attached hydrogen (secondary N) is 2. The van der Waals surface area contributed by atoms with Crippen LogP contribution in [0.25, 0.3) is 0 Å². The molecule has 2 atom stereocenters. The van der Waals surface area contributed by atoms with Gasteiger partial charge in [-0.25, -0.2) is 4.39 Å². The number of carbonyl (C=O) groups excluding carboxylic acids is 1. The quantitative estimate of drug-likeness (QED) is 0.437. The van der Waals surface area contributed by atoms with E-state index in [0.717, 1.165) is 41.8 Å². The number of benzene rings is 3. The lowest BCUT2D eigenvalue weighted by Crippen LogP contribution is -2.38. The monoisotopic (exact) mass is 526 g/mol. The Hall–Kier alpha value is -3.29. The van der Waals surface area contributed by atoms with E-state index in [4.69, 9.17) is 14.2 Å². The summed E-state index contributed by atoms with van der Waals surface area (Å²) >= 11 is 0. The van der Waals surface area contributed by atoms with Gasteiger partial charge in [0.1, 0.15) is 11.6 Å². The summed E-state index contributed by atoms with van der Waals surface area (Å²) in [6, 6.07) is 16.5. The number of carbonyl (C=O) groups is 1. The summed E-state index contributed by atoms with van der Waals surface area (Å²) in [7, 11) is 0. The summed E-state index contributed by atoms with van der Waals surface area (Å²) in [5.41, 5.74) is 4.29. The maximum Gasteiger partial charge on any atom is 0.254 e. The summed E-state index contributed by atoms with van der Waals surface area (Å²) in [5, 5.41) is 6.34. The topological polar surface area (TPSA) is 68.8 Å². The van der Waals surface area contributed by atoms with Gasteiger partial charge in [0.15, 0.2) is 11.5 Å². The molecule has 8 heteroatoms. The molecule has 1 saturated heterocycles. The number of aryl methyl sites for hydroxylation is 2. The first-order valence-electron chi connectivity index (χ1n) is 12.4. The second-order valence-corrected chi connectivity index (χ2v) is 9.48. The van der Waals surface area contributed by atoms with Crippen molar-refractivity contribution in [3.8, 4) is 17.2 Å². The standard InChI is InChI=1S/C29H31FN2O4.ClH/c1-18-4-3-5-19(2)25(18)15-32-29(33)24-12-20(6-8-26(24)30)23-10-11-31-14-21(23)16-34-22-7-9-27-28(13-22)36-17-35-27;/h3-9,12-13,21,23,31H,10-11,14-17H2,1-2H3,(H,32,33);1H/t21-,23-;/m0./s1. The molecule has 2 heterocycles. The van der Waals surface area contributed by atoms with Crippen LogP contribution in [0.4, 0.5) is 4.39 Å². The Morgan fingerprint density at radius 3 is 2.68 bits per heavy atom. The molecular weight excluding hydrogens is 495 g/mol. The molecule has 196 valence electrons. The van der Waals surface area contributed by atoms with E-state index >= 15 is 0 Å². The Kier molecular flexibility index (Phi) is 8.56. The summed E-state index contributed by atoms with van der Waals surface area (Å²) in [6.45, 7) is 6.73. The number of hydrogen-bond acceptors (Lipinski definition) is 5. The van der Waals surface area contributed by atoms with E-state index in [-0.39, 0.29) is 36.6 Å². The van der Waals surface area contributed by atoms with Crippen LogP contribution < -0.4 is 24.8 Å². The van der Waals surface area contributed by atoms with Crippen LogP contribution in [-0.4, -0.2) is 32.4 Å². The smallest absolute Gasteiger partial charge is 0.254 e. The molecule has 3 aromatic carbocycles. The van der Waals surface area contributed by atoms with E-state index in [2.05, 4.69) is 10.6 Å². The highest BCUT2D eigenvalue weighted by molar-refractivity contribution is 5.94. The van der Waals surface area contributed by atoms with Crippen molar-refractivity contribution in [2.75, 3.05) is 26.5 Å². The van der Waals surface area contributed by atoms with Gasteiger partial charge in [0.25, 0.3) is 5.91 Å². The minimum absolute atomic E-state index is 0. The van der Waals surface area contributed by atoms with Gasteiger partial charge in [0, 0.05) is 25.1 Å². The minimum Gasteiger partial charge on any atom is -0.493 e. The van der Waals surface area contributed by atoms with E-state index in [1.165, 1.54) is 6.07 Å².